The monoisotopic (exact) mass is 252 g/mol. The average molecular weight is 252 g/mol. The van der Waals surface area contributed by atoms with E-state index in [4.69, 9.17) is 0 Å². The normalized spacial score (nSPS) is 18.8. The molecule has 2 rings (SSSR count). The largest absolute Gasteiger partial charge is 0.359 e. The first kappa shape index (κ1) is 12.6. The third kappa shape index (κ3) is 3.30. The Morgan fingerprint density at radius 2 is 2.47 bits per heavy atom. The lowest BCUT2D eigenvalue weighted by Gasteiger charge is -2.23. The molecular weight excluding hydrogens is 232 g/mol. The van der Waals surface area contributed by atoms with Crippen LogP contribution in [0.5, 0.6) is 0 Å². The zero-order chi connectivity index (χ0) is 12.1. The molecule has 4 heteroatoms. The maximum atomic E-state index is 11.1. The number of hydrogen-bond donors (Lipinski definition) is 2. The van der Waals surface area contributed by atoms with E-state index in [0.29, 0.717) is 12.5 Å². The third-order valence-electron chi connectivity index (χ3n) is 3.30. The van der Waals surface area contributed by atoms with E-state index < -0.39 is 0 Å². The summed E-state index contributed by atoms with van der Waals surface area (Å²) >= 11 is 1.87. The van der Waals surface area contributed by atoms with Gasteiger partial charge in [-0.25, -0.2) is 0 Å². The number of carbonyl (C=O) groups is 1. The van der Waals surface area contributed by atoms with Crippen LogP contribution in [0.4, 0.5) is 0 Å². The SMILES string of the molecule is CNC(=O)CCCNC1CCCc2sccc21. The van der Waals surface area contributed by atoms with Crippen LogP contribution in [0.2, 0.25) is 0 Å². The molecule has 1 aliphatic carbocycles. The fraction of sp³-hybridized carbons (Fsp3) is 0.615. The minimum absolute atomic E-state index is 0.131. The van der Waals surface area contributed by atoms with E-state index >= 15 is 0 Å². The predicted octanol–water partition coefficient (Wildman–Crippen LogP) is 2.24. The molecule has 17 heavy (non-hydrogen) atoms. The highest BCUT2D eigenvalue weighted by atomic mass is 32.1. The molecule has 1 amide bonds. The van der Waals surface area contributed by atoms with Crippen LogP contribution in [0.25, 0.3) is 0 Å². The van der Waals surface area contributed by atoms with Gasteiger partial charge in [0.15, 0.2) is 0 Å². The van der Waals surface area contributed by atoms with Gasteiger partial charge in [0, 0.05) is 24.4 Å². The molecule has 94 valence electrons. The third-order valence-corrected chi connectivity index (χ3v) is 4.30. The minimum Gasteiger partial charge on any atom is -0.359 e. The first-order valence-electron chi connectivity index (χ1n) is 6.31. The van der Waals surface area contributed by atoms with Crippen LogP contribution in [-0.4, -0.2) is 19.5 Å². The zero-order valence-electron chi connectivity index (χ0n) is 10.3. The molecule has 0 bridgehead atoms. The molecule has 0 radical (unpaired) electrons. The van der Waals surface area contributed by atoms with E-state index in [9.17, 15) is 4.79 Å². The molecule has 0 spiro atoms. The van der Waals surface area contributed by atoms with Crippen molar-refractivity contribution >= 4 is 17.2 Å². The second kappa shape index (κ2) is 6.17. The van der Waals surface area contributed by atoms with Crippen LogP contribution in [0.15, 0.2) is 11.4 Å². The summed E-state index contributed by atoms with van der Waals surface area (Å²) in [5, 5.41) is 8.41. The summed E-state index contributed by atoms with van der Waals surface area (Å²) in [5.41, 5.74) is 1.49. The van der Waals surface area contributed by atoms with Crippen LogP contribution in [0.3, 0.4) is 0 Å². The number of hydrogen-bond acceptors (Lipinski definition) is 3. The van der Waals surface area contributed by atoms with Gasteiger partial charge in [-0.1, -0.05) is 0 Å². The van der Waals surface area contributed by atoms with Crippen molar-refractivity contribution in [3.05, 3.63) is 21.9 Å². The lowest BCUT2D eigenvalue weighted by Crippen LogP contribution is -2.26. The van der Waals surface area contributed by atoms with Crippen molar-refractivity contribution in [1.29, 1.82) is 0 Å². The van der Waals surface area contributed by atoms with Crippen LogP contribution in [0.1, 0.15) is 42.2 Å². The number of nitrogens with one attached hydrogen (secondary N) is 2. The van der Waals surface area contributed by atoms with Gasteiger partial charge in [-0.2, -0.15) is 0 Å². The van der Waals surface area contributed by atoms with Crippen LogP contribution < -0.4 is 10.6 Å². The van der Waals surface area contributed by atoms with Gasteiger partial charge in [-0.05, 0) is 49.2 Å². The highest BCUT2D eigenvalue weighted by molar-refractivity contribution is 7.10. The van der Waals surface area contributed by atoms with Gasteiger partial charge in [0.05, 0.1) is 0 Å². The Labute approximate surface area is 107 Å². The summed E-state index contributed by atoms with van der Waals surface area (Å²) in [7, 11) is 1.69. The number of thiophene rings is 1. The summed E-state index contributed by atoms with van der Waals surface area (Å²) in [5.74, 6) is 0.131. The van der Waals surface area contributed by atoms with Crippen molar-refractivity contribution in [1.82, 2.24) is 10.6 Å². The fourth-order valence-corrected chi connectivity index (χ4v) is 3.34. The van der Waals surface area contributed by atoms with E-state index in [1.54, 1.807) is 11.9 Å². The van der Waals surface area contributed by atoms with Crippen LogP contribution in [0, 0.1) is 0 Å². The Hall–Kier alpha value is -0.870. The molecule has 0 aromatic carbocycles. The molecule has 1 unspecified atom stereocenters. The standard InChI is InChI=1S/C13H20N2OS/c1-14-13(16)6-3-8-15-11-4-2-5-12-10(11)7-9-17-12/h7,9,11,15H,2-6,8H2,1H3,(H,14,16). The average Bonchev–Trinajstić information content (AvgIpc) is 2.83. The first-order chi connectivity index (χ1) is 8.31. The topological polar surface area (TPSA) is 41.1 Å². The van der Waals surface area contributed by atoms with E-state index in [0.717, 1.165) is 13.0 Å². The van der Waals surface area contributed by atoms with Gasteiger partial charge in [0.1, 0.15) is 0 Å². The maximum Gasteiger partial charge on any atom is 0.219 e. The molecule has 1 aromatic heterocycles. The van der Waals surface area contributed by atoms with E-state index in [-0.39, 0.29) is 5.91 Å². The predicted molar refractivity (Wildman–Crippen MR) is 71.3 cm³/mol. The number of carbonyl (C=O) groups excluding carboxylic acids is 1. The first-order valence-corrected chi connectivity index (χ1v) is 7.19. The maximum absolute atomic E-state index is 11.1. The summed E-state index contributed by atoms with van der Waals surface area (Å²) in [6, 6.07) is 2.75. The smallest absolute Gasteiger partial charge is 0.219 e. The zero-order valence-corrected chi connectivity index (χ0v) is 11.1. The summed E-state index contributed by atoms with van der Waals surface area (Å²) in [6.45, 7) is 0.924. The van der Waals surface area contributed by atoms with Gasteiger partial charge in [-0.15, -0.1) is 11.3 Å². The number of aryl methyl sites for hydroxylation is 1. The molecule has 1 heterocycles. The van der Waals surface area contributed by atoms with Gasteiger partial charge in [0.2, 0.25) is 5.91 Å². The second-order valence-corrected chi connectivity index (χ2v) is 5.48. The Kier molecular flexibility index (Phi) is 4.57. The lowest BCUT2D eigenvalue weighted by atomic mass is 9.94. The molecular formula is C13H20N2OS. The molecule has 0 saturated heterocycles. The van der Waals surface area contributed by atoms with Gasteiger partial charge >= 0.3 is 0 Å². The van der Waals surface area contributed by atoms with Crippen molar-refractivity contribution in [2.45, 2.75) is 38.1 Å². The Bertz CT molecular complexity index is 375. The molecule has 1 aliphatic rings. The number of amides is 1. The number of fused-ring (bicyclic) bond motifs is 1. The van der Waals surface area contributed by atoms with Crippen LogP contribution in [-0.2, 0) is 11.2 Å². The van der Waals surface area contributed by atoms with Crippen LogP contribution >= 0.6 is 11.3 Å². The summed E-state index contributed by atoms with van der Waals surface area (Å²) < 4.78 is 0. The van der Waals surface area contributed by atoms with Crippen molar-refractivity contribution in [3.8, 4) is 0 Å². The van der Waals surface area contributed by atoms with E-state index in [2.05, 4.69) is 22.1 Å². The van der Waals surface area contributed by atoms with Crippen molar-refractivity contribution in [2.24, 2.45) is 0 Å². The highest BCUT2D eigenvalue weighted by Gasteiger charge is 2.20. The molecule has 0 fully saturated rings. The summed E-state index contributed by atoms with van der Waals surface area (Å²) in [6.07, 6.45) is 5.27. The minimum atomic E-state index is 0.131. The van der Waals surface area contributed by atoms with Crippen molar-refractivity contribution < 1.29 is 4.79 Å². The lowest BCUT2D eigenvalue weighted by molar-refractivity contribution is -0.120. The Morgan fingerprint density at radius 1 is 1.59 bits per heavy atom. The Morgan fingerprint density at radius 3 is 3.29 bits per heavy atom. The molecule has 0 saturated carbocycles. The van der Waals surface area contributed by atoms with Crippen molar-refractivity contribution in [2.75, 3.05) is 13.6 Å². The molecule has 1 aromatic rings. The number of rotatable bonds is 5. The fourth-order valence-electron chi connectivity index (χ4n) is 2.35. The molecule has 0 aliphatic heterocycles. The highest BCUT2D eigenvalue weighted by Crippen LogP contribution is 2.33. The quantitative estimate of drug-likeness (QED) is 0.789. The molecule has 2 N–H and O–H groups in total. The summed E-state index contributed by atoms with van der Waals surface area (Å²) in [4.78, 5) is 12.6. The van der Waals surface area contributed by atoms with Crippen molar-refractivity contribution in [3.63, 3.8) is 0 Å². The van der Waals surface area contributed by atoms with E-state index in [1.165, 1.54) is 24.8 Å². The Balaban J connectivity index is 1.76. The van der Waals surface area contributed by atoms with E-state index in [1.807, 2.05) is 11.3 Å². The van der Waals surface area contributed by atoms with Gasteiger partial charge < -0.3 is 10.6 Å². The van der Waals surface area contributed by atoms with Gasteiger partial charge in [-0.3, -0.25) is 4.79 Å². The van der Waals surface area contributed by atoms with Gasteiger partial charge in [0.25, 0.3) is 0 Å². The second-order valence-electron chi connectivity index (χ2n) is 4.47. The molecule has 1 atom stereocenters. The molecule has 3 nitrogen and oxygen atoms in total.